The van der Waals surface area contributed by atoms with E-state index in [0.717, 1.165) is 0 Å². The molecule has 1 atom stereocenters. The lowest BCUT2D eigenvalue weighted by atomic mass is 9.99. The average Bonchev–Trinajstić information content (AvgIpc) is 2.81. The zero-order chi connectivity index (χ0) is 14.9. The van der Waals surface area contributed by atoms with Gasteiger partial charge in [0, 0.05) is 18.7 Å². The quantitative estimate of drug-likeness (QED) is 0.657. The van der Waals surface area contributed by atoms with Crippen LogP contribution in [0.3, 0.4) is 0 Å². The van der Waals surface area contributed by atoms with E-state index in [9.17, 15) is 20.0 Å². The molecule has 0 saturated carbocycles. The third-order valence-electron chi connectivity index (χ3n) is 3.59. The third kappa shape index (κ3) is 2.13. The minimum atomic E-state index is -1.19. The highest BCUT2D eigenvalue weighted by molar-refractivity contribution is 5.84. The van der Waals surface area contributed by atoms with Crippen LogP contribution in [0.2, 0.25) is 0 Å². The first-order chi connectivity index (χ1) is 9.40. The average molecular weight is 281 g/mol. The van der Waals surface area contributed by atoms with Gasteiger partial charge in [-0.2, -0.15) is 4.98 Å². The lowest BCUT2D eigenvalue weighted by Crippen LogP contribution is -2.48. The van der Waals surface area contributed by atoms with Crippen molar-refractivity contribution in [1.82, 2.24) is 4.98 Å². The number of carboxylic acids is 1. The van der Waals surface area contributed by atoms with Crippen LogP contribution in [0, 0.1) is 10.1 Å². The predicted octanol–water partition coefficient (Wildman–Crippen LogP) is 1.44. The Balaban J connectivity index is 2.55. The normalized spacial score (nSPS) is 21.8. The molecule has 0 aromatic carbocycles. The predicted molar refractivity (Wildman–Crippen MR) is 70.1 cm³/mol. The number of carbonyl (C=O) groups is 1. The standard InChI is InChI=1S/C12H15N3O5/c1-12(11(16)17)6-3-7-14(12)10-8(15(18)19)4-5-9(13-10)20-2/h4-5H,3,6-7H2,1-2H3,(H,16,17). The van der Waals surface area contributed by atoms with Gasteiger partial charge in [0.25, 0.3) is 0 Å². The molecule has 8 heteroatoms. The molecule has 1 aromatic heterocycles. The first-order valence-corrected chi connectivity index (χ1v) is 6.10. The first kappa shape index (κ1) is 14.0. The van der Waals surface area contributed by atoms with Crippen molar-refractivity contribution in [3.05, 3.63) is 22.2 Å². The number of aromatic nitrogens is 1. The lowest BCUT2D eigenvalue weighted by molar-refractivity contribution is -0.384. The monoisotopic (exact) mass is 281 g/mol. The minimum absolute atomic E-state index is 0.0387. The molecule has 20 heavy (non-hydrogen) atoms. The van der Waals surface area contributed by atoms with Crippen molar-refractivity contribution in [2.75, 3.05) is 18.6 Å². The van der Waals surface area contributed by atoms with Crippen molar-refractivity contribution >= 4 is 17.5 Å². The van der Waals surface area contributed by atoms with Gasteiger partial charge in [-0.15, -0.1) is 0 Å². The molecule has 1 aromatic rings. The first-order valence-electron chi connectivity index (χ1n) is 6.10. The number of pyridine rings is 1. The maximum absolute atomic E-state index is 11.5. The molecule has 0 amide bonds. The molecule has 0 radical (unpaired) electrons. The SMILES string of the molecule is COc1ccc([N+](=O)[O-])c(N2CCCC2(C)C(=O)O)n1. The van der Waals surface area contributed by atoms with Crippen molar-refractivity contribution in [3.8, 4) is 5.88 Å². The number of hydrogen-bond acceptors (Lipinski definition) is 6. The van der Waals surface area contributed by atoms with E-state index in [-0.39, 0.29) is 17.4 Å². The zero-order valence-electron chi connectivity index (χ0n) is 11.2. The molecule has 1 N–H and O–H groups in total. The van der Waals surface area contributed by atoms with E-state index in [2.05, 4.69) is 4.98 Å². The van der Waals surface area contributed by atoms with Crippen LogP contribution in [0.15, 0.2) is 12.1 Å². The molecular weight excluding hydrogens is 266 g/mol. The van der Waals surface area contributed by atoms with Gasteiger partial charge in [0.2, 0.25) is 11.7 Å². The van der Waals surface area contributed by atoms with Crippen LogP contribution in [0.1, 0.15) is 19.8 Å². The van der Waals surface area contributed by atoms with Gasteiger partial charge < -0.3 is 14.7 Å². The van der Waals surface area contributed by atoms with Gasteiger partial charge in [0.15, 0.2) is 0 Å². The molecular formula is C12H15N3O5. The van der Waals surface area contributed by atoms with Crippen molar-refractivity contribution in [3.63, 3.8) is 0 Å². The third-order valence-corrected chi connectivity index (χ3v) is 3.59. The van der Waals surface area contributed by atoms with Gasteiger partial charge in [-0.05, 0) is 19.8 Å². The Morgan fingerprint density at radius 3 is 2.85 bits per heavy atom. The molecule has 8 nitrogen and oxygen atoms in total. The molecule has 1 aliphatic rings. The Labute approximate surface area is 115 Å². The van der Waals surface area contributed by atoms with E-state index in [0.29, 0.717) is 19.4 Å². The molecule has 2 rings (SSSR count). The molecule has 0 aliphatic carbocycles. The summed E-state index contributed by atoms with van der Waals surface area (Å²) in [6.45, 7) is 1.96. The highest BCUT2D eigenvalue weighted by Crippen LogP contribution is 2.38. The van der Waals surface area contributed by atoms with Gasteiger partial charge in [0.05, 0.1) is 12.0 Å². The van der Waals surface area contributed by atoms with E-state index in [1.165, 1.54) is 24.1 Å². The summed E-state index contributed by atoms with van der Waals surface area (Å²) < 4.78 is 4.97. The summed E-state index contributed by atoms with van der Waals surface area (Å²) in [4.78, 5) is 27.6. The fourth-order valence-corrected chi connectivity index (χ4v) is 2.40. The fourth-order valence-electron chi connectivity index (χ4n) is 2.40. The Kier molecular flexibility index (Phi) is 3.47. The zero-order valence-corrected chi connectivity index (χ0v) is 11.2. The van der Waals surface area contributed by atoms with Gasteiger partial charge >= 0.3 is 11.7 Å². The number of carboxylic acid groups (broad SMARTS) is 1. The number of anilines is 1. The largest absolute Gasteiger partial charge is 0.481 e. The van der Waals surface area contributed by atoms with Crippen molar-refractivity contribution in [2.45, 2.75) is 25.3 Å². The fraction of sp³-hybridized carbons (Fsp3) is 0.500. The van der Waals surface area contributed by atoms with Gasteiger partial charge in [0.1, 0.15) is 5.54 Å². The maximum Gasteiger partial charge on any atom is 0.329 e. The van der Waals surface area contributed by atoms with Crippen LogP contribution in [0.5, 0.6) is 5.88 Å². The Morgan fingerprint density at radius 2 is 2.30 bits per heavy atom. The van der Waals surface area contributed by atoms with Crippen LogP contribution in [-0.2, 0) is 4.79 Å². The van der Waals surface area contributed by atoms with Gasteiger partial charge in [-0.25, -0.2) is 4.79 Å². The summed E-state index contributed by atoms with van der Waals surface area (Å²) in [5.41, 5.74) is -1.41. The Bertz CT molecular complexity index is 562. The highest BCUT2D eigenvalue weighted by Gasteiger charge is 2.46. The number of rotatable bonds is 4. The number of nitrogens with zero attached hydrogens (tertiary/aromatic N) is 3. The maximum atomic E-state index is 11.5. The molecule has 1 aliphatic heterocycles. The van der Waals surface area contributed by atoms with Gasteiger partial charge in [-0.1, -0.05) is 0 Å². The molecule has 2 heterocycles. The van der Waals surface area contributed by atoms with Crippen LogP contribution >= 0.6 is 0 Å². The number of nitro groups is 1. The van der Waals surface area contributed by atoms with Crippen molar-refractivity contribution in [1.29, 1.82) is 0 Å². The van der Waals surface area contributed by atoms with E-state index >= 15 is 0 Å². The smallest absolute Gasteiger partial charge is 0.329 e. The second-order valence-corrected chi connectivity index (χ2v) is 4.79. The molecule has 108 valence electrons. The van der Waals surface area contributed by atoms with Crippen molar-refractivity contribution < 1.29 is 19.6 Å². The second kappa shape index (κ2) is 4.95. The molecule has 1 unspecified atom stereocenters. The molecule has 1 fully saturated rings. The number of hydrogen-bond donors (Lipinski definition) is 1. The highest BCUT2D eigenvalue weighted by atomic mass is 16.6. The summed E-state index contributed by atoms with van der Waals surface area (Å²) >= 11 is 0. The summed E-state index contributed by atoms with van der Waals surface area (Å²) in [7, 11) is 1.40. The van der Waals surface area contributed by atoms with Crippen LogP contribution < -0.4 is 9.64 Å². The second-order valence-electron chi connectivity index (χ2n) is 4.79. The summed E-state index contributed by atoms with van der Waals surface area (Å²) in [6.07, 6.45) is 1.05. The lowest BCUT2D eigenvalue weighted by Gasteiger charge is -2.31. The van der Waals surface area contributed by atoms with Crippen LogP contribution in [0.4, 0.5) is 11.5 Å². The van der Waals surface area contributed by atoms with Crippen LogP contribution in [-0.4, -0.2) is 40.2 Å². The van der Waals surface area contributed by atoms with Crippen LogP contribution in [0.25, 0.3) is 0 Å². The molecule has 0 spiro atoms. The van der Waals surface area contributed by atoms with Crippen molar-refractivity contribution in [2.24, 2.45) is 0 Å². The Morgan fingerprint density at radius 1 is 1.60 bits per heavy atom. The number of methoxy groups -OCH3 is 1. The number of ether oxygens (including phenoxy) is 1. The van der Waals surface area contributed by atoms with E-state index < -0.39 is 16.4 Å². The van der Waals surface area contributed by atoms with E-state index in [1.807, 2.05) is 0 Å². The minimum Gasteiger partial charge on any atom is -0.481 e. The van der Waals surface area contributed by atoms with Gasteiger partial charge in [-0.3, -0.25) is 10.1 Å². The summed E-state index contributed by atoms with van der Waals surface area (Å²) in [5, 5.41) is 20.5. The summed E-state index contributed by atoms with van der Waals surface area (Å²) in [6, 6.07) is 2.66. The molecule has 0 bridgehead atoms. The molecule has 1 saturated heterocycles. The summed E-state index contributed by atoms with van der Waals surface area (Å²) in [5.74, 6) is -0.768. The number of aliphatic carboxylic acids is 1. The van der Waals surface area contributed by atoms with E-state index in [1.54, 1.807) is 6.92 Å². The Hall–Kier alpha value is -2.38. The van der Waals surface area contributed by atoms with E-state index in [4.69, 9.17) is 4.74 Å². The topological polar surface area (TPSA) is 106 Å².